The van der Waals surface area contributed by atoms with Crippen molar-refractivity contribution >= 4 is 35.1 Å². The summed E-state index contributed by atoms with van der Waals surface area (Å²) in [5, 5.41) is 20.6. The van der Waals surface area contributed by atoms with Gasteiger partial charge in [-0.05, 0) is 12.5 Å². The Morgan fingerprint density at radius 2 is 2.03 bits per heavy atom. The predicted octanol–water partition coefficient (Wildman–Crippen LogP) is 3.44. The second-order valence-corrected chi connectivity index (χ2v) is 7.05. The van der Waals surface area contributed by atoms with Crippen LogP contribution in [-0.4, -0.2) is 56.7 Å². The first kappa shape index (κ1) is 22.7. The van der Waals surface area contributed by atoms with Crippen LogP contribution in [0.1, 0.15) is 35.9 Å². The zero-order valence-corrected chi connectivity index (χ0v) is 17.4. The van der Waals surface area contributed by atoms with Crippen molar-refractivity contribution in [1.29, 1.82) is 0 Å². The molecule has 0 aliphatic carbocycles. The van der Waals surface area contributed by atoms with Crippen LogP contribution in [0.2, 0.25) is 10.0 Å². The maximum Gasteiger partial charge on any atom is 0.326 e. The van der Waals surface area contributed by atoms with Crippen molar-refractivity contribution in [3.63, 3.8) is 0 Å². The van der Waals surface area contributed by atoms with E-state index in [-0.39, 0.29) is 29.4 Å². The zero-order chi connectivity index (χ0) is 21.6. The van der Waals surface area contributed by atoms with Gasteiger partial charge in [0.15, 0.2) is 17.2 Å². The Morgan fingerprint density at radius 3 is 2.62 bits per heavy atom. The third-order valence-corrected chi connectivity index (χ3v) is 4.79. The van der Waals surface area contributed by atoms with E-state index in [0.717, 1.165) is 11.3 Å². The van der Waals surface area contributed by atoms with Gasteiger partial charge in [0, 0.05) is 31.4 Å². The number of carboxylic acids is 1. The topological polar surface area (TPSA) is 113 Å². The Hall–Kier alpha value is -2.58. The first-order chi connectivity index (χ1) is 13.8. The summed E-state index contributed by atoms with van der Waals surface area (Å²) in [4.78, 5) is 34.3. The molecule has 29 heavy (non-hydrogen) atoms. The van der Waals surface area contributed by atoms with Crippen LogP contribution in [0.3, 0.4) is 0 Å². The molecule has 0 unspecified atom stereocenters. The Morgan fingerprint density at radius 1 is 1.31 bits per heavy atom. The average molecular weight is 442 g/mol. The van der Waals surface area contributed by atoms with Crippen molar-refractivity contribution in [2.24, 2.45) is 0 Å². The number of rotatable bonds is 9. The van der Waals surface area contributed by atoms with Crippen LogP contribution in [-0.2, 0) is 11.2 Å². The minimum absolute atomic E-state index is 0.0630. The summed E-state index contributed by atoms with van der Waals surface area (Å²) in [5.74, 6) is -2.35. The number of aromatic nitrogens is 2. The molecule has 0 saturated heterocycles. The molecule has 0 aromatic carbocycles. The zero-order valence-electron chi connectivity index (χ0n) is 15.9. The first-order valence-electron chi connectivity index (χ1n) is 8.85. The number of carbonyl (C=O) groups excluding carboxylic acids is 1. The minimum Gasteiger partial charge on any atom is -0.503 e. The monoisotopic (exact) mass is 441 g/mol. The quantitative estimate of drug-likeness (QED) is 0.612. The molecule has 8 nitrogen and oxygen atoms in total. The highest BCUT2D eigenvalue weighted by molar-refractivity contribution is 6.34. The van der Waals surface area contributed by atoms with Gasteiger partial charge in [-0.1, -0.05) is 36.5 Å². The molecule has 0 bridgehead atoms. The van der Waals surface area contributed by atoms with Gasteiger partial charge in [-0.3, -0.25) is 9.78 Å². The van der Waals surface area contributed by atoms with Crippen molar-refractivity contribution in [2.45, 2.75) is 32.2 Å². The molecule has 2 N–H and O–H groups in total. The van der Waals surface area contributed by atoms with Crippen LogP contribution in [0.4, 0.5) is 0 Å². The number of methoxy groups -OCH3 is 1. The number of carboxylic acid groups (broad SMARTS) is 1. The number of amides is 1. The molecule has 10 heteroatoms. The number of ether oxygens (including phenoxy) is 1. The normalized spacial score (nSPS) is 11.7. The van der Waals surface area contributed by atoms with E-state index in [1.165, 1.54) is 31.6 Å². The summed E-state index contributed by atoms with van der Waals surface area (Å²) >= 11 is 12.0. The highest BCUT2D eigenvalue weighted by Crippen LogP contribution is 2.29. The van der Waals surface area contributed by atoms with Crippen LogP contribution in [0.25, 0.3) is 0 Å². The summed E-state index contributed by atoms with van der Waals surface area (Å²) in [5.41, 5.74) is 0.00227. The van der Waals surface area contributed by atoms with Crippen LogP contribution in [0.5, 0.6) is 11.5 Å². The molecule has 2 aromatic heterocycles. The lowest BCUT2D eigenvalue weighted by Crippen LogP contribution is -2.47. The SMILES string of the molecule is CCCCN(C(=O)c1nccc(OC)c1O)[C@@H](Cc1ncc(Cl)cc1Cl)C(=O)O. The molecule has 2 heterocycles. The third-order valence-electron chi connectivity index (χ3n) is 4.26. The molecule has 2 aromatic rings. The van der Waals surface area contributed by atoms with Gasteiger partial charge in [-0.15, -0.1) is 0 Å². The lowest BCUT2D eigenvalue weighted by atomic mass is 10.1. The summed E-state index contributed by atoms with van der Waals surface area (Å²) in [6.07, 6.45) is 3.81. The fourth-order valence-corrected chi connectivity index (χ4v) is 3.19. The van der Waals surface area contributed by atoms with Gasteiger partial charge in [0.25, 0.3) is 5.91 Å². The number of nitrogens with zero attached hydrogens (tertiary/aromatic N) is 3. The standard InChI is InChI=1S/C19H21Cl2N3O5/c1-3-4-7-24(18(26)16-17(25)15(29-2)5-6-22-16)14(19(27)28)9-13-12(21)8-11(20)10-23-13/h5-6,8,10,14,25H,3-4,7,9H2,1-2H3,(H,27,28)/t14-/m0/s1. The van der Waals surface area contributed by atoms with Gasteiger partial charge in [-0.25, -0.2) is 9.78 Å². The molecule has 0 spiro atoms. The predicted molar refractivity (Wildman–Crippen MR) is 108 cm³/mol. The van der Waals surface area contributed by atoms with Gasteiger partial charge in [0.1, 0.15) is 6.04 Å². The summed E-state index contributed by atoms with van der Waals surface area (Å²) in [7, 11) is 1.34. The number of aliphatic carboxylic acids is 1. The van der Waals surface area contributed by atoms with E-state index in [1.54, 1.807) is 0 Å². The summed E-state index contributed by atoms with van der Waals surface area (Å²) in [6.45, 7) is 2.06. The van der Waals surface area contributed by atoms with Crippen LogP contribution in [0, 0.1) is 0 Å². The van der Waals surface area contributed by atoms with Crippen molar-refractivity contribution < 1.29 is 24.5 Å². The summed E-state index contributed by atoms with van der Waals surface area (Å²) in [6, 6.07) is 1.58. The summed E-state index contributed by atoms with van der Waals surface area (Å²) < 4.78 is 5.01. The van der Waals surface area contributed by atoms with Gasteiger partial charge in [0.2, 0.25) is 0 Å². The van der Waals surface area contributed by atoms with E-state index in [4.69, 9.17) is 27.9 Å². The molecule has 0 aliphatic heterocycles. The molecule has 2 rings (SSSR count). The van der Waals surface area contributed by atoms with Crippen molar-refractivity contribution in [3.8, 4) is 11.5 Å². The molecule has 0 aliphatic rings. The number of unbranched alkanes of at least 4 members (excludes halogenated alkanes) is 1. The number of hydrogen-bond acceptors (Lipinski definition) is 6. The largest absolute Gasteiger partial charge is 0.503 e. The van der Waals surface area contributed by atoms with E-state index < -0.39 is 23.7 Å². The van der Waals surface area contributed by atoms with Crippen LogP contribution < -0.4 is 4.74 Å². The molecule has 1 atom stereocenters. The lowest BCUT2D eigenvalue weighted by molar-refractivity contribution is -0.142. The highest BCUT2D eigenvalue weighted by Gasteiger charge is 2.33. The van der Waals surface area contributed by atoms with E-state index in [9.17, 15) is 19.8 Å². The second kappa shape index (κ2) is 10.3. The van der Waals surface area contributed by atoms with E-state index in [0.29, 0.717) is 17.1 Å². The van der Waals surface area contributed by atoms with Gasteiger partial charge < -0.3 is 19.8 Å². The Labute approximate surface area is 178 Å². The van der Waals surface area contributed by atoms with Gasteiger partial charge >= 0.3 is 5.97 Å². The number of hydrogen-bond donors (Lipinski definition) is 2. The first-order valence-corrected chi connectivity index (χ1v) is 9.61. The number of carbonyl (C=O) groups is 2. The number of aromatic hydroxyl groups is 1. The molecule has 0 radical (unpaired) electrons. The Kier molecular flexibility index (Phi) is 8.04. The van der Waals surface area contributed by atoms with Crippen molar-refractivity contribution in [2.75, 3.05) is 13.7 Å². The van der Waals surface area contributed by atoms with E-state index >= 15 is 0 Å². The minimum atomic E-state index is -1.27. The van der Waals surface area contributed by atoms with E-state index in [1.807, 2.05) is 6.92 Å². The van der Waals surface area contributed by atoms with Gasteiger partial charge in [0.05, 0.1) is 22.8 Å². The molecule has 156 valence electrons. The fraction of sp³-hybridized carbons (Fsp3) is 0.368. The number of pyridine rings is 2. The van der Waals surface area contributed by atoms with Crippen LogP contribution in [0.15, 0.2) is 24.5 Å². The molecule has 0 saturated carbocycles. The third kappa shape index (κ3) is 5.48. The molecular weight excluding hydrogens is 421 g/mol. The Bertz CT molecular complexity index is 894. The molecule has 1 amide bonds. The molecular formula is C19H21Cl2N3O5. The highest BCUT2D eigenvalue weighted by atomic mass is 35.5. The Balaban J connectivity index is 2.43. The van der Waals surface area contributed by atoms with Gasteiger partial charge in [-0.2, -0.15) is 0 Å². The maximum absolute atomic E-state index is 13.1. The van der Waals surface area contributed by atoms with E-state index in [2.05, 4.69) is 9.97 Å². The average Bonchev–Trinajstić information content (AvgIpc) is 2.68. The maximum atomic E-state index is 13.1. The molecule has 0 fully saturated rings. The lowest BCUT2D eigenvalue weighted by Gasteiger charge is -2.29. The smallest absolute Gasteiger partial charge is 0.326 e. The van der Waals surface area contributed by atoms with Crippen LogP contribution >= 0.6 is 23.2 Å². The second-order valence-electron chi connectivity index (χ2n) is 6.20. The van der Waals surface area contributed by atoms with Crippen molar-refractivity contribution in [1.82, 2.24) is 14.9 Å². The number of halogens is 2. The fourth-order valence-electron chi connectivity index (χ4n) is 2.73. The van der Waals surface area contributed by atoms with Crippen molar-refractivity contribution in [3.05, 3.63) is 46.0 Å².